The summed E-state index contributed by atoms with van der Waals surface area (Å²) in [6.07, 6.45) is 3.68. The van der Waals surface area contributed by atoms with Gasteiger partial charge in [0.25, 0.3) is 0 Å². The molecule has 0 aliphatic heterocycles. The lowest BCUT2D eigenvalue weighted by Crippen LogP contribution is -2.13. The Balaban J connectivity index is 0.000000324. The van der Waals surface area contributed by atoms with Gasteiger partial charge in [0.05, 0.1) is 11.6 Å². The Morgan fingerprint density at radius 1 is 1.12 bits per heavy atom. The molecule has 1 aliphatic rings. The normalized spacial score (nSPS) is 14.8. The largest absolute Gasteiger partial charge is 0.320 e. The lowest BCUT2D eigenvalue weighted by Gasteiger charge is -2.15. The van der Waals surface area contributed by atoms with E-state index in [9.17, 15) is 0 Å². The fraction of sp³-hybridized carbons (Fsp3) is 0.400. The Labute approximate surface area is 149 Å². The Morgan fingerprint density at radius 2 is 1.88 bits per heavy atom. The van der Waals surface area contributed by atoms with Crippen LogP contribution in [0.3, 0.4) is 0 Å². The third-order valence-electron chi connectivity index (χ3n) is 4.80. The minimum Gasteiger partial charge on any atom is -0.320 e. The molecule has 0 fully saturated rings. The number of fused-ring (bicyclic) bond motifs is 3. The molecule has 2 aromatic heterocycles. The summed E-state index contributed by atoms with van der Waals surface area (Å²) in [5, 5.41) is 9.11. The number of hydrogen-bond acceptors (Lipinski definition) is 4. The fourth-order valence-electron chi connectivity index (χ4n) is 3.51. The first-order valence-corrected chi connectivity index (χ1v) is 9.04. The van der Waals surface area contributed by atoms with Crippen LogP contribution in [0.25, 0.3) is 22.2 Å². The van der Waals surface area contributed by atoms with Crippen molar-refractivity contribution in [1.29, 1.82) is 0 Å². The highest BCUT2D eigenvalue weighted by Crippen LogP contribution is 2.41. The van der Waals surface area contributed by atoms with Crippen LogP contribution < -0.4 is 11.1 Å². The number of rotatable bonds is 3. The third kappa shape index (κ3) is 2.94. The van der Waals surface area contributed by atoms with Crippen LogP contribution >= 0.6 is 0 Å². The van der Waals surface area contributed by atoms with Crippen molar-refractivity contribution in [3.8, 4) is 11.3 Å². The minimum absolute atomic E-state index is 0.110. The molecule has 1 unspecified atom stereocenters. The maximum absolute atomic E-state index is 6.46. The standard InChI is InChI=1S/C16H16N4.C4H11N/c1-3-20-13-5-4-10-9(2)14(13)16(19-20)12-8-18-7-6-11(12)15(10)17;1-3-5-4-2/h4-8,15H,3,17H2,1-2H3;5H,3-4H2,1-2H3. The second-order valence-corrected chi connectivity index (χ2v) is 6.24. The molecule has 0 spiro atoms. The number of nitrogens with two attached hydrogens (primary N) is 1. The molecule has 0 saturated carbocycles. The van der Waals surface area contributed by atoms with Gasteiger partial charge in [0.15, 0.2) is 0 Å². The molecule has 1 aromatic carbocycles. The van der Waals surface area contributed by atoms with Crippen LogP contribution in [0, 0.1) is 6.92 Å². The van der Waals surface area contributed by atoms with E-state index in [0.717, 1.165) is 36.5 Å². The first-order valence-electron chi connectivity index (χ1n) is 9.04. The molecule has 5 nitrogen and oxygen atoms in total. The first-order chi connectivity index (χ1) is 12.1. The lowest BCUT2D eigenvalue weighted by molar-refractivity contribution is 0.685. The summed E-state index contributed by atoms with van der Waals surface area (Å²) in [4.78, 5) is 4.26. The van der Waals surface area contributed by atoms with Crippen molar-refractivity contribution in [3.63, 3.8) is 0 Å². The quantitative estimate of drug-likeness (QED) is 0.768. The van der Waals surface area contributed by atoms with Crippen molar-refractivity contribution in [1.82, 2.24) is 20.1 Å². The number of aromatic nitrogens is 3. The van der Waals surface area contributed by atoms with E-state index in [4.69, 9.17) is 10.8 Å². The van der Waals surface area contributed by atoms with Gasteiger partial charge in [-0.3, -0.25) is 9.67 Å². The number of pyridine rings is 1. The maximum atomic E-state index is 6.46. The molecule has 132 valence electrons. The first kappa shape index (κ1) is 17.6. The second kappa shape index (κ2) is 7.33. The van der Waals surface area contributed by atoms with Gasteiger partial charge in [-0.25, -0.2) is 0 Å². The molecular formula is C20H27N5. The molecule has 4 rings (SSSR count). The van der Waals surface area contributed by atoms with E-state index in [1.54, 1.807) is 6.20 Å². The molecule has 2 heterocycles. The van der Waals surface area contributed by atoms with Gasteiger partial charge in [-0.1, -0.05) is 19.9 Å². The predicted molar refractivity (Wildman–Crippen MR) is 104 cm³/mol. The number of benzene rings is 1. The number of aryl methyl sites for hydroxylation is 2. The van der Waals surface area contributed by atoms with Gasteiger partial charge in [-0.05, 0) is 55.8 Å². The van der Waals surface area contributed by atoms with Gasteiger partial charge in [0.1, 0.15) is 5.69 Å². The summed E-state index contributed by atoms with van der Waals surface area (Å²) in [6, 6.07) is 6.17. The molecule has 1 aliphatic carbocycles. The van der Waals surface area contributed by atoms with E-state index in [-0.39, 0.29) is 6.04 Å². The topological polar surface area (TPSA) is 68.8 Å². The number of hydrogen-bond donors (Lipinski definition) is 2. The highest BCUT2D eigenvalue weighted by Gasteiger charge is 2.26. The summed E-state index contributed by atoms with van der Waals surface area (Å²) in [5.74, 6) is 0. The van der Waals surface area contributed by atoms with E-state index in [1.165, 1.54) is 22.0 Å². The smallest absolute Gasteiger partial charge is 0.102 e. The highest BCUT2D eigenvalue weighted by atomic mass is 15.3. The lowest BCUT2D eigenvalue weighted by atomic mass is 9.96. The molecule has 0 radical (unpaired) electrons. The molecule has 3 aromatic rings. The fourth-order valence-corrected chi connectivity index (χ4v) is 3.51. The van der Waals surface area contributed by atoms with Crippen molar-refractivity contribution >= 4 is 10.9 Å². The molecule has 0 amide bonds. The number of nitrogens with zero attached hydrogens (tertiary/aromatic N) is 3. The summed E-state index contributed by atoms with van der Waals surface area (Å²) < 4.78 is 2.05. The minimum atomic E-state index is -0.110. The summed E-state index contributed by atoms with van der Waals surface area (Å²) in [6.45, 7) is 11.5. The second-order valence-electron chi connectivity index (χ2n) is 6.24. The molecule has 5 heteroatoms. The number of nitrogens with one attached hydrogen (secondary N) is 1. The van der Waals surface area contributed by atoms with Crippen LogP contribution in [0.5, 0.6) is 0 Å². The van der Waals surface area contributed by atoms with Gasteiger partial charge in [-0.2, -0.15) is 5.10 Å². The summed E-state index contributed by atoms with van der Waals surface area (Å²) >= 11 is 0. The van der Waals surface area contributed by atoms with Crippen molar-refractivity contribution < 1.29 is 0 Å². The zero-order chi connectivity index (χ0) is 18.0. The van der Waals surface area contributed by atoms with Gasteiger partial charge < -0.3 is 11.1 Å². The predicted octanol–water partition coefficient (Wildman–Crippen LogP) is 3.40. The third-order valence-corrected chi connectivity index (χ3v) is 4.80. The zero-order valence-corrected chi connectivity index (χ0v) is 15.5. The molecule has 0 saturated heterocycles. The van der Waals surface area contributed by atoms with Crippen LogP contribution in [0.15, 0.2) is 30.6 Å². The summed E-state index contributed by atoms with van der Waals surface area (Å²) in [7, 11) is 0. The Kier molecular flexibility index (Phi) is 5.16. The Morgan fingerprint density at radius 3 is 2.52 bits per heavy atom. The van der Waals surface area contributed by atoms with Crippen LogP contribution in [-0.2, 0) is 6.54 Å². The van der Waals surface area contributed by atoms with Crippen molar-refractivity contribution in [3.05, 3.63) is 47.3 Å². The van der Waals surface area contributed by atoms with E-state index in [1.807, 2.05) is 12.3 Å². The van der Waals surface area contributed by atoms with Crippen LogP contribution in [0.1, 0.15) is 43.5 Å². The van der Waals surface area contributed by atoms with Crippen LogP contribution in [-0.4, -0.2) is 27.9 Å². The zero-order valence-electron chi connectivity index (χ0n) is 15.5. The Hall–Kier alpha value is -2.24. The molecule has 25 heavy (non-hydrogen) atoms. The summed E-state index contributed by atoms with van der Waals surface area (Å²) in [5.41, 5.74) is 13.2. The van der Waals surface area contributed by atoms with Crippen molar-refractivity contribution in [2.24, 2.45) is 5.73 Å². The van der Waals surface area contributed by atoms with Gasteiger partial charge in [0.2, 0.25) is 0 Å². The molecule has 2 bridgehead atoms. The maximum Gasteiger partial charge on any atom is 0.102 e. The van der Waals surface area contributed by atoms with E-state index < -0.39 is 0 Å². The van der Waals surface area contributed by atoms with E-state index >= 15 is 0 Å². The van der Waals surface area contributed by atoms with Crippen LogP contribution in [0.2, 0.25) is 0 Å². The van der Waals surface area contributed by atoms with Gasteiger partial charge in [0, 0.05) is 29.9 Å². The average Bonchev–Trinajstić information content (AvgIpc) is 3.00. The van der Waals surface area contributed by atoms with Crippen molar-refractivity contribution in [2.75, 3.05) is 13.1 Å². The molecular weight excluding hydrogens is 310 g/mol. The van der Waals surface area contributed by atoms with E-state index in [2.05, 4.69) is 54.8 Å². The average molecular weight is 337 g/mol. The molecule has 1 atom stereocenters. The van der Waals surface area contributed by atoms with Crippen molar-refractivity contribution in [2.45, 2.75) is 40.3 Å². The highest BCUT2D eigenvalue weighted by molar-refractivity contribution is 5.98. The van der Waals surface area contributed by atoms with E-state index in [0.29, 0.717) is 0 Å². The Bertz CT molecular complexity index is 879. The van der Waals surface area contributed by atoms with Crippen LogP contribution in [0.4, 0.5) is 0 Å². The van der Waals surface area contributed by atoms with Gasteiger partial charge >= 0.3 is 0 Å². The monoisotopic (exact) mass is 337 g/mol. The SMILES string of the molecule is CCNCC.CCn1nc2c3c(C)c(ccc31)C(N)c1ccncc1-2. The molecule has 3 N–H and O–H groups in total. The van der Waals surface area contributed by atoms with Gasteiger partial charge in [-0.15, -0.1) is 0 Å².